The first-order valence-corrected chi connectivity index (χ1v) is 5.41. The minimum atomic E-state index is -0.338. The molecule has 1 aromatic rings. The van der Waals surface area contributed by atoms with E-state index < -0.39 is 0 Å². The molecule has 0 saturated carbocycles. The van der Waals surface area contributed by atoms with Crippen LogP contribution < -0.4 is 19.9 Å². The summed E-state index contributed by atoms with van der Waals surface area (Å²) >= 11 is 0. The van der Waals surface area contributed by atoms with E-state index in [1.807, 2.05) is 0 Å². The number of rotatable bonds is 3. The van der Waals surface area contributed by atoms with E-state index in [-0.39, 0.29) is 23.3 Å². The highest BCUT2D eigenvalue weighted by Gasteiger charge is 2.24. The van der Waals surface area contributed by atoms with Crippen molar-refractivity contribution in [1.82, 2.24) is 5.32 Å². The van der Waals surface area contributed by atoms with E-state index >= 15 is 0 Å². The fourth-order valence-corrected chi connectivity index (χ4v) is 1.73. The third kappa shape index (κ3) is 2.29. The molecule has 1 aliphatic heterocycles. The number of carbonyl (C=O) groups excluding carboxylic acids is 1. The lowest BCUT2D eigenvalue weighted by atomic mass is 10.1. The van der Waals surface area contributed by atoms with Gasteiger partial charge in [-0.05, 0) is 17.7 Å². The Kier molecular flexibility index (Phi) is 3.50. The van der Waals surface area contributed by atoms with Crippen LogP contribution in [0.25, 0.3) is 6.08 Å². The molecule has 0 radical (unpaired) electrons. The highest BCUT2D eigenvalue weighted by molar-refractivity contribution is 5.96. The van der Waals surface area contributed by atoms with Crippen molar-refractivity contribution in [3.05, 3.63) is 34.7 Å². The van der Waals surface area contributed by atoms with Gasteiger partial charge < -0.3 is 25.1 Å². The maximum absolute atomic E-state index is 11.5. The molecule has 0 spiro atoms. The second kappa shape index (κ2) is 5.07. The third-order valence-corrected chi connectivity index (χ3v) is 2.67. The van der Waals surface area contributed by atoms with Gasteiger partial charge in [0.05, 0.1) is 14.2 Å². The first kappa shape index (κ1) is 12.4. The maximum Gasteiger partial charge on any atom is 0.309 e. The zero-order valence-corrected chi connectivity index (χ0v) is 10.1. The number of nitrogens with one attached hydrogen (secondary N) is 2. The standard InChI is InChI=1S/C12H14N2O4/c1-17-10-4-3-8(6-11(10)18-2)5-9-12(15)13-7-14(9)16/h3-6,14H,7H2,1-2H3,(H,13,15)/b9-5-. The molecule has 0 aliphatic carbocycles. The van der Waals surface area contributed by atoms with Gasteiger partial charge in [-0.15, -0.1) is 0 Å². The van der Waals surface area contributed by atoms with Gasteiger partial charge in [-0.2, -0.15) is 0 Å². The molecule has 0 bridgehead atoms. The number of methoxy groups -OCH3 is 2. The normalized spacial score (nSPS) is 20.9. The highest BCUT2D eigenvalue weighted by Crippen LogP contribution is 2.28. The number of benzene rings is 1. The van der Waals surface area contributed by atoms with Gasteiger partial charge in [0, 0.05) is 6.08 Å². The zero-order valence-electron chi connectivity index (χ0n) is 10.1. The Bertz CT molecular complexity index is 499. The van der Waals surface area contributed by atoms with Crippen molar-refractivity contribution in [3.8, 4) is 11.5 Å². The summed E-state index contributed by atoms with van der Waals surface area (Å²) in [5.74, 6) is 0.814. The molecule has 1 amide bonds. The second-order valence-electron chi connectivity index (χ2n) is 3.78. The summed E-state index contributed by atoms with van der Waals surface area (Å²) in [6.07, 6.45) is 1.55. The summed E-state index contributed by atoms with van der Waals surface area (Å²) in [6, 6.07) is 5.19. The van der Waals surface area contributed by atoms with E-state index in [1.165, 1.54) is 7.11 Å². The van der Waals surface area contributed by atoms with Crippen LogP contribution in [-0.2, 0) is 4.79 Å². The Balaban J connectivity index is 2.34. The predicted molar refractivity (Wildman–Crippen MR) is 64.9 cm³/mol. The number of hydroxylamine groups is 2. The van der Waals surface area contributed by atoms with Crippen molar-refractivity contribution in [2.24, 2.45) is 0 Å². The van der Waals surface area contributed by atoms with Gasteiger partial charge in [-0.3, -0.25) is 4.79 Å². The van der Waals surface area contributed by atoms with Crippen molar-refractivity contribution in [2.75, 3.05) is 20.9 Å². The Morgan fingerprint density at radius 1 is 1.33 bits per heavy atom. The molecule has 2 rings (SSSR count). The summed E-state index contributed by atoms with van der Waals surface area (Å²) in [4.78, 5) is 11.4. The van der Waals surface area contributed by atoms with Crippen molar-refractivity contribution >= 4 is 12.0 Å². The number of quaternary nitrogens is 1. The molecule has 2 N–H and O–H groups in total. The Morgan fingerprint density at radius 2 is 2.06 bits per heavy atom. The average Bonchev–Trinajstić information content (AvgIpc) is 2.70. The lowest BCUT2D eigenvalue weighted by Gasteiger charge is -2.13. The molecule has 6 nitrogen and oxygen atoms in total. The van der Waals surface area contributed by atoms with Crippen LogP contribution in [0.4, 0.5) is 0 Å². The van der Waals surface area contributed by atoms with Gasteiger partial charge in [0.1, 0.15) is 0 Å². The molecule has 1 aliphatic rings. The fourth-order valence-electron chi connectivity index (χ4n) is 1.73. The molecule has 1 unspecified atom stereocenters. The fraction of sp³-hybridized carbons (Fsp3) is 0.250. The van der Waals surface area contributed by atoms with Crippen LogP contribution in [0.5, 0.6) is 11.5 Å². The third-order valence-electron chi connectivity index (χ3n) is 2.67. The van der Waals surface area contributed by atoms with Gasteiger partial charge in [0.2, 0.25) is 0 Å². The monoisotopic (exact) mass is 250 g/mol. The molecule has 1 aromatic carbocycles. The largest absolute Gasteiger partial charge is 0.627 e. The summed E-state index contributed by atoms with van der Waals surface area (Å²) in [5.41, 5.74) is 0.885. The van der Waals surface area contributed by atoms with Crippen LogP contribution in [0.1, 0.15) is 5.56 Å². The number of ether oxygens (including phenoxy) is 2. The Morgan fingerprint density at radius 3 is 2.61 bits per heavy atom. The molecule has 1 heterocycles. The topological polar surface area (TPSA) is 75.1 Å². The maximum atomic E-state index is 11.5. The van der Waals surface area contributed by atoms with E-state index in [4.69, 9.17) is 9.47 Å². The van der Waals surface area contributed by atoms with Crippen molar-refractivity contribution in [1.29, 1.82) is 0 Å². The van der Waals surface area contributed by atoms with Crippen LogP contribution in [0.15, 0.2) is 23.9 Å². The Hall–Kier alpha value is -2.05. The summed E-state index contributed by atoms with van der Waals surface area (Å²) in [5, 5.41) is 13.7. The molecule has 18 heavy (non-hydrogen) atoms. The van der Waals surface area contributed by atoms with Gasteiger partial charge in [0.15, 0.2) is 23.9 Å². The van der Waals surface area contributed by atoms with Crippen LogP contribution >= 0.6 is 0 Å². The summed E-state index contributed by atoms with van der Waals surface area (Å²) < 4.78 is 10.3. The molecule has 96 valence electrons. The average molecular weight is 250 g/mol. The van der Waals surface area contributed by atoms with E-state index in [0.717, 1.165) is 0 Å². The number of amides is 1. The first-order chi connectivity index (χ1) is 8.65. The van der Waals surface area contributed by atoms with E-state index in [9.17, 15) is 10.0 Å². The molecule has 6 heteroatoms. The van der Waals surface area contributed by atoms with Crippen LogP contribution in [0.2, 0.25) is 0 Å². The van der Waals surface area contributed by atoms with Gasteiger partial charge in [-0.25, -0.2) is 0 Å². The molecule has 0 aromatic heterocycles. The SMILES string of the molecule is COc1ccc(/C=C2/C(=O)NC[NH+]2[O-])cc1OC. The smallest absolute Gasteiger partial charge is 0.309 e. The second-order valence-corrected chi connectivity index (χ2v) is 3.78. The minimum absolute atomic E-state index is 0.0674. The molecular weight excluding hydrogens is 236 g/mol. The van der Waals surface area contributed by atoms with Crippen LogP contribution in [-0.4, -0.2) is 26.8 Å². The first-order valence-electron chi connectivity index (χ1n) is 5.41. The molecular formula is C12H14N2O4. The summed E-state index contributed by atoms with van der Waals surface area (Å²) in [6.45, 7) is 0.0674. The van der Waals surface area contributed by atoms with Gasteiger partial charge in [0.25, 0.3) is 0 Å². The lowest BCUT2D eigenvalue weighted by Crippen LogP contribution is -3.04. The minimum Gasteiger partial charge on any atom is -0.627 e. The summed E-state index contributed by atoms with van der Waals surface area (Å²) in [7, 11) is 3.08. The molecule has 1 saturated heterocycles. The number of hydrogen-bond donors (Lipinski definition) is 2. The van der Waals surface area contributed by atoms with Crippen molar-refractivity contribution < 1.29 is 19.3 Å². The van der Waals surface area contributed by atoms with Gasteiger partial charge >= 0.3 is 5.91 Å². The van der Waals surface area contributed by atoms with Crippen LogP contribution in [0.3, 0.4) is 0 Å². The van der Waals surface area contributed by atoms with Crippen molar-refractivity contribution in [2.45, 2.75) is 0 Å². The molecule has 1 atom stereocenters. The predicted octanol–water partition coefficient (Wildman–Crippen LogP) is -0.485. The zero-order chi connectivity index (χ0) is 13.1. The van der Waals surface area contributed by atoms with E-state index in [0.29, 0.717) is 17.1 Å². The van der Waals surface area contributed by atoms with E-state index in [2.05, 4.69) is 5.32 Å². The number of hydrogen-bond acceptors (Lipinski definition) is 4. The Labute approximate surface area is 104 Å². The van der Waals surface area contributed by atoms with E-state index in [1.54, 1.807) is 31.4 Å². The highest BCUT2D eigenvalue weighted by atomic mass is 16.5. The number of carbonyl (C=O) groups is 1. The van der Waals surface area contributed by atoms with Crippen molar-refractivity contribution in [3.63, 3.8) is 0 Å². The molecule has 1 fully saturated rings. The van der Waals surface area contributed by atoms with Gasteiger partial charge in [-0.1, -0.05) is 6.07 Å². The lowest BCUT2D eigenvalue weighted by molar-refractivity contribution is -0.793. The quantitative estimate of drug-likeness (QED) is 0.561. The van der Waals surface area contributed by atoms with Crippen LogP contribution in [0, 0.1) is 5.21 Å².